The maximum atomic E-state index is 5.57. The highest BCUT2D eigenvalue weighted by atomic mass is 32.1. The topological polar surface area (TPSA) is 64.9 Å². The lowest BCUT2D eigenvalue weighted by Gasteiger charge is -1.96. The van der Waals surface area contributed by atoms with Gasteiger partial charge in [-0.2, -0.15) is 0 Å². The molecule has 3 nitrogen and oxygen atoms in total. The SMILES string of the molecule is Nc1ccc(-c2csc(N)n2)cc1. The van der Waals surface area contributed by atoms with Crippen molar-refractivity contribution in [2.75, 3.05) is 11.5 Å². The first-order valence-corrected chi connectivity index (χ1v) is 4.70. The third kappa shape index (κ3) is 1.62. The minimum atomic E-state index is 0.590. The molecule has 0 aliphatic heterocycles. The van der Waals surface area contributed by atoms with Crippen LogP contribution >= 0.6 is 11.3 Å². The van der Waals surface area contributed by atoms with Gasteiger partial charge in [-0.05, 0) is 12.1 Å². The van der Waals surface area contributed by atoms with E-state index in [4.69, 9.17) is 11.5 Å². The van der Waals surface area contributed by atoms with E-state index in [9.17, 15) is 0 Å². The van der Waals surface area contributed by atoms with Crippen molar-refractivity contribution in [1.82, 2.24) is 4.98 Å². The van der Waals surface area contributed by atoms with E-state index in [1.54, 1.807) is 0 Å². The zero-order chi connectivity index (χ0) is 9.26. The number of hydrogen-bond donors (Lipinski definition) is 2. The van der Waals surface area contributed by atoms with Crippen LogP contribution in [0.25, 0.3) is 11.3 Å². The number of aromatic nitrogens is 1. The molecule has 13 heavy (non-hydrogen) atoms. The Balaban J connectivity index is 2.41. The van der Waals surface area contributed by atoms with Crippen molar-refractivity contribution in [3.8, 4) is 11.3 Å². The van der Waals surface area contributed by atoms with E-state index in [2.05, 4.69) is 4.98 Å². The fraction of sp³-hybridized carbons (Fsp3) is 0. The summed E-state index contributed by atoms with van der Waals surface area (Å²) in [5.74, 6) is 0. The molecule has 0 bridgehead atoms. The van der Waals surface area contributed by atoms with Gasteiger partial charge in [0, 0.05) is 16.6 Å². The second kappa shape index (κ2) is 3.06. The number of rotatable bonds is 1. The number of anilines is 2. The smallest absolute Gasteiger partial charge is 0.180 e. The molecule has 1 heterocycles. The third-order valence-corrected chi connectivity index (χ3v) is 2.40. The van der Waals surface area contributed by atoms with Crippen LogP contribution in [0.15, 0.2) is 29.6 Å². The van der Waals surface area contributed by atoms with E-state index in [0.717, 1.165) is 16.9 Å². The molecule has 1 aromatic heterocycles. The van der Waals surface area contributed by atoms with Crippen LogP contribution in [0.2, 0.25) is 0 Å². The van der Waals surface area contributed by atoms with Crippen molar-refractivity contribution >= 4 is 22.2 Å². The first kappa shape index (κ1) is 8.07. The average molecular weight is 191 g/mol. The van der Waals surface area contributed by atoms with E-state index in [1.807, 2.05) is 29.6 Å². The second-order valence-electron chi connectivity index (χ2n) is 2.69. The minimum Gasteiger partial charge on any atom is -0.399 e. The van der Waals surface area contributed by atoms with Crippen molar-refractivity contribution in [3.05, 3.63) is 29.6 Å². The second-order valence-corrected chi connectivity index (χ2v) is 3.58. The molecule has 0 atom stereocenters. The van der Waals surface area contributed by atoms with Gasteiger partial charge in [0.2, 0.25) is 0 Å². The van der Waals surface area contributed by atoms with Crippen LogP contribution in [-0.2, 0) is 0 Å². The maximum Gasteiger partial charge on any atom is 0.180 e. The summed E-state index contributed by atoms with van der Waals surface area (Å²) in [5, 5.41) is 2.52. The predicted molar refractivity (Wildman–Crippen MR) is 56.4 cm³/mol. The van der Waals surface area contributed by atoms with Crippen molar-refractivity contribution in [3.63, 3.8) is 0 Å². The summed E-state index contributed by atoms with van der Waals surface area (Å²) in [6.45, 7) is 0. The minimum absolute atomic E-state index is 0.590. The highest BCUT2D eigenvalue weighted by molar-refractivity contribution is 7.13. The Hall–Kier alpha value is -1.55. The Kier molecular flexibility index (Phi) is 1.90. The first-order valence-electron chi connectivity index (χ1n) is 3.82. The summed E-state index contributed by atoms with van der Waals surface area (Å²) in [7, 11) is 0. The van der Waals surface area contributed by atoms with Gasteiger partial charge in [0.25, 0.3) is 0 Å². The standard InChI is InChI=1S/C9H9N3S/c10-7-3-1-6(2-4-7)8-5-13-9(11)12-8/h1-5H,10H2,(H2,11,12). The van der Waals surface area contributed by atoms with E-state index in [-0.39, 0.29) is 0 Å². The monoisotopic (exact) mass is 191 g/mol. The highest BCUT2D eigenvalue weighted by Crippen LogP contribution is 2.23. The molecule has 0 spiro atoms. The number of benzene rings is 1. The molecule has 0 saturated heterocycles. The van der Waals surface area contributed by atoms with Gasteiger partial charge in [0.1, 0.15) is 0 Å². The van der Waals surface area contributed by atoms with Gasteiger partial charge in [-0.25, -0.2) is 4.98 Å². The fourth-order valence-corrected chi connectivity index (χ4v) is 1.65. The zero-order valence-corrected chi connectivity index (χ0v) is 7.71. The number of nitrogen functional groups attached to an aromatic ring is 2. The molecule has 0 amide bonds. The Morgan fingerprint density at radius 3 is 2.31 bits per heavy atom. The lowest BCUT2D eigenvalue weighted by atomic mass is 10.2. The summed E-state index contributed by atoms with van der Waals surface area (Å²) < 4.78 is 0. The van der Waals surface area contributed by atoms with Gasteiger partial charge < -0.3 is 11.5 Å². The number of nitrogens with two attached hydrogens (primary N) is 2. The van der Waals surface area contributed by atoms with Gasteiger partial charge >= 0.3 is 0 Å². The van der Waals surface area contributed by atoms with Crippen molar-refractivity contribution in [2.24, 2.45) is 0 Å². The zero-order valence-electron chi connectivity index (χ0n) is 6.90. The molecule has 0 radical (unpaired) electrons. The Morgan fingerprint density at radius 2 is 1.77 bits per heavy atom. The van der Waals surface area contributed by atoms with Crippen LogP contribution < -0.4 is 11.5 Å². The molecule has 0 saturated carbocycles. The van der Waals surface area contributed by atoms with E-state index < -0.39 is 0 Å². The van der Waals surface area contributed by atoms with Gasteiger partial charge in [0.05, 0.1) is 5.69 Å². The molecular formula is C9H9N3S. The molecule has 2 rings (SSSR count). The Labute approximate surface area is 80.0 Å². The van der Waals surface area contributed by atoms with Crippen molar-refractivity contribution in [2.45, 2.75) is 0 Å². The summed E-state index contributed by atoms with van der Waals surface area (Å²) in [6.07, 6.45) is 0. The van der Waals surface area contributed by atoms with Gasteiger partial charge in [0.15, 0.2) is 5.13 Å². The predicted octanol–water partition coefficient (Wildman–Crippen LogP) is 1.97. The lowest BCUT2D eigenvalue weighted by Crippen LogP contribution is -1.85. The van der Waals surface area contributed by atoms with Gasteiger partial charge in [-0.3, -0.25) is 0 Å². The van der Waals surface area contributed by atoms with E-state index in [0.29, 0.717) is 5.13 Å². The van der Waals surface area contributed by atoms with Crippen LogP contribution in [0.3, 0.4) is 0 Å². The van der Waals surface area contributed by atoms with Crippen LogP contribution in [0.5, 0.6) is 0 Å². The molecule has 2 aromatic rings. The van der Waals surface area contributed by atoms with Crippen molar-refractivity contribution in [1.29, 1.82) is 0 Å². The first-order chi connectivity index (χ1) is 6.25. The van der Waals surface area contributed by atoms with Crippen LogP contribution in [0, 0.1) is 0 Å². The summed E-state index contributed by atoms with van der Waals surface area (Å²) in [5.41, 5.74) is 13.8. The molecule has 4 heteroatoms. The molecule has 0 fully saturated rings. The van der Waals surface area contributed by atoms with Gasteiger partial charge in [-0.1, -0.05) is 12.1 Å². The third-order valence-electron chi connectivity index (χ3n) is 1.73. The van der Waals surface area contributed by atoms with E-state index in [1.165, 1.54) is 11.3 Å². The molecule has 0 aliphatic carbocycles. The van der Waals surface area contributed by atoms with Crippen LogP contribution in [0.4, 0.5) is 10.8 Å². The normalized spacial score (nSPS) is 10.2. The molecular weight excluding hydrogens is 182 g/mol. The number of thiazole rings is 1. The maximum absolute atomic E-state index is 5.57. The largest absolute Gasteiger partial charge is 0.399 e. The molecule has 0 unspecified atom stereocenters. The molecule has 1 aromatic carbocycles. The van der Waals surface area contributed by atoms with E-state index >= 15 is 0 Å². The van der Waals surface area contributed by atoms with Gasteiger partial charge in [-0.15, -0.1) is 11.3 Å². The summed E-state index contributed by atoms with van der Waals surface area (Å²) in [4.78, 5) is 4.17. The lowest BCUT2D eigenvalue weighted by molar-refractivity contribution is 1.41. The molecule has 0 aliphatic rings. The average Bonchev–Trinajstić information content (AvgIpc) is 2.53. The van der Waals surface area contributed by atoms with Crippen molar-refractivity contribution < 1.29 is 0 Å². The summed E-state index contributed by atoms with van der Waals surface area (Å²) in [6, 6.07) is 7.57. The summed E-state index contributed by atoms with van der Waals surface area (Å²) >= 11 is 1.44. The van der Waals surface area contributed by atoms with Crippen LogP contribution in [-0.4, -0.2) is 4.98 Å². The fourth-order valence-electron chi connectivity index (χ4n) is 1.07. The molecule has 66 valence electrons. The molecule has 4 N–H and O–H groups in total. The number of hydrogen-bond acceptors (Lipinski definition) is 4. The number of nitrogens with zero attached hydrogens (tertiary/aromatic N) is 1. The Bertz CT molecular complexity index is 405. The Morgan fingerprint density at radius 1 is 1.08 bits per heavy atom. The van der Waals surface area contributed by atoms with Crippen LogP contribution in [0.1, 0.15) is 0 Å². The quantitative estimate of drug-likeness (QED) is 0.677. The highest BCUT2D eigenvalue weighted by Gasteiger charge is 2.00.